The number of fused-ring (bicyclic) bond motifs is 1. The summed E-state index contributed by atoms with van der Waals surface area (Å²) in [5.41, 5.74) is 2.74. The number of hydrogen-bond acceptors (Lipinski definition) is 4. The van der Waals surface area contributed by atoms with Crippen LogP contribution in [-0.4, -0.2) is 57.6 Å². The molecular weight excluding hydrogens is 382 g/mol. The van der Waals surface area contributed by atoms with Gasteiger partial charge in [-0.05, 0) is 57.8 Å². The van der Waals surface area contributed by atoms with Crippen LogP contribution in [0, 0.1) is 5.92 Å². The second-order valence-electron chi connectivity index (χ2n) is 9.11. The molecule has 1 saturated heterocycles. The van der Waals surface area contributed by atoms with E-state index in [1.54, 1.807) is 9.58 Å². The van der Waals surface area contributed by atoms with Crippen LogP contribution in [0.5, 0.6) is 0 Å². The third kappa shape index (κ3) is 4.37. The Bertz CT molecular complexity index is 829. The summed E-state index contributed by atoms with van der Waals surface area (Å²) in [7, 11) is 1.82. The predicted octanol–water partition coefficient (Wildman–Crippen LogP) is 1.32. The molecule has 30 heavy (non-hydrogen) atoms. The zero-order valence-electron chi connectivity index (χ0n) is 18.1. The van der Waals surface area contributed by atoms with Crippen LogP contribution in [-0.2, 0) is 29.5 Å². The van der Waals surface area contributed by atoms with Crippen LogP contribution in [0.4, 0.5) is 0 Å². The van der Waals surface area contributed by atoms with E-state index in [2.05, 4.69) is 15.7 Å². The lowest BCUT2D eigenvalue weighted by atomic mass is 9.92. The van der Waals surface area contributed by atoms with Gasteiger partial charge in [-0.1, -0.05) is 0 Å². The largest absolute Gasteiger partial charge is 0.353 e. The van der Waals surface area contributed by atoms with E-state index in [9.17, 15) is 14.4 Å². The Morgan fingerprint density at radius 3 is 2.40 bits per heavy atom. The molecule has 0 bridgehead atoms. The number of aromatic nitrogens is 2. The van der Waals surface area contributed by atoms with Crippen molar-refractivity contribution in [1.82, 2.24) is 25.3 Å². The summed E-state index contributed by atoms with van der Waals surface area (Å²) in [6, 6.07) is 0.120. The molecule has 0 unspecified atom stereocenters. The highest BCUT2D eigenvalue weighted by molar-refractivity contribution is 5.94. The van der Waals surface area contributed by atoms with Crippen LogP contribution < -0.4 is 10.6 Å². The van der Waals surface area contributed by atoms with Gasteiger partial charge in [0.05, 0.1) is 11.6 Å². The molecule has 164 valence electrons. The lowest BCUT2D eigenvalue weighted by molar-refractivity contribution is -0.131. The molecule has 2 heterocycles. The molecule has 0 spiro atoms. The normalized spacial score (nSPS) is 24.4. The molecule has 2 fully saturated rings. The zero-order valence-corrected chi connectivity index (χ0v) is 18.1. The van der Waals surface area contributed by atoms with Crippen molar-refractivity contribution >= 4 is 17.7 Å². The molecule has 2 N–H and O–H groups in total. The summed E-state index contributed by atoms with van der Waals surface area (Å²) in [6.45, 7) is 2.39. The van der Waals surface area contributed by atoms with Gasteiger partial charge in [0, 0.05) is 44.7 Å². The number of nitrogens with zero attached hydrogens (tertiary/aromatic N) is 3. The minimum atomic E-state index is -0.221. The molecule has 3 aliphatic rings. The minimum Gasteiger partial charge on any atom is -0.353 e. The van der Waals surface area contributed by atoms with Crippen molar-refractivity contribution in [2.75, 3.05) is 13.1 Å². The van der Waals surface area contributed by atoms with Gasteiger partial charge in [-0.15, -0.1) is 0 Å². The van der Waals surface area contributed by atoms with Gasteiger partial charge in [-0.2, -0.15) is 5.10 Å². The van der Waals surface area contributed by atoms with E-state index in [0.717, 1.165) is 49.8 Å². The quantitative estimate of drug-likeness (QED) is 0.775. The number of carbonyl (C=O) groups is 3. The molecule has 3 amide bonds. The van der Waals surface area contributed by atoms with Crippen LogP contribution >= 0.6 is 0 Å². The molecule has 0 aromatic carbocycles. The summed E-state index contributed by atoms with van der Waals surface area (Å²) >= 11 is 0. The lowest BCUT2D eigenvalue weighted by Gasteiger charge is -2.29. The number of hydrogen-bond donors (Lipinski definition) is 2. The molecule has 2 aliphatic carbocycles. The third-order valence-electron chi connectivity index (χ3n) is 6.88. The Balaban J connectivity index is 1.44. The molecule has 8 heteroatoms. The van der Waals surface area contributed by atoms with Gasteiger partial charge < -0.3 is 15.5 Å². The standard InChI is InChI=1S/C22H33N5O3/c1-14(28)27-12-15(21(29)23-16-6-5-7-16)10-11-17(13-27)24-22(30)20-18-8-3-4-9-19(18)25-26(20)2/h15-17H,3-13H2,1-2H3,(H,23,29)(H,24,30)/t15-,17+/m1/s1. The molecule has 1 saturated carbocycles. The minimum absolute atomic E-state index is 0.0404. The molecule has 1 aliphatic heterocycles. The van der Waals surface area contributed by atoms with Crippen molar-refractivity contribution in [2.24, 2.45) is 13.0 Å². The van der Waals surface area contributed by atoms with Gasteiger partial charge in [-0.3, -0.25) is 19.1 Å². The van der Waals surface area contributed by atoms with Crippen molar-refractivity contribution in [3.05, 3.63) is 17.0 Å². The fourth-order valence-electron chi connectivity index (χ4n) is 4.87. The number of rotatable bonds is 4. The van der Waals surface area contributed by atoms with Crippen LogP contribution in [0.1, 0.15) is 73.6 Å². The van der Waals surface area contributed by atoms with E-state index >= 15 is 0 Å². The highest BCUT2D eigenvalue weighted by Crippen LogP contribution is 2.25. The van der Waals surface area contributed by atoms with Gasteiger partial charge in [-0.25, -0.2) is 0 Å². The molecule has 2 atom stereocenters. The van der Waals surface area contributed by atoms with E-state index in [1.807, 2.05) is 7.05 Å². The summed E-state index contributed by atoms with van der Waals surface area (Å²) in [5.74, 6) is -0.367. The Hall–Kier alpha value is -2.38. The van der Waals surface area contributed by atoms with Gasteiger partial charge in [0.2, 0.25) is 11.8 Å². The first-order chi connectivity index (χ1) is 14.4. The number of likely N-dealkylation sites (tertiary alicyclic amines) is 1. The molecule has 4 rings (SSSR count). The predicted molar refractivity (Wildman–Crippen MR) is 112 cm³/mol. The maximum Gasteiger partial charge on any atom is 0.270 e. The van der Waals surface area contributed by atoms with Crippen LogP contribution in [0.3, 0.4) is 0 Å². The van der Waals surface area contributed by atoms with E-state index in [0.29, 0.717) is 31.6 Å². The third-order valence-corrected chi connectivity index (χ3v) is 6.88. The van der Waals surface area contributed by atoms with Crippen LogP contribution in [0.15, 0.2) is 0 Å². The average Bonchev–Trinajstić information content (AvgIpc) is 2.86. The SMILES string of the molecule is CC(=O)N1C[C@@H](NC(=O)c2c3c(nn2C)CCCC3)CC[C@@H](C(=O)NC2CCC2)C1. The summed E-state index contributed by atoms with van der Waals surface area (Å²) in [5, 5.41) is 10.8. The Morgan fingerprint density at radius 1 is 0.933 bits per heavy atom. The fraction of sp³-hybridized carbons (Fsp3) is 0.727. The van der Waals surface area contributed by atoms with E-state index < -0.39 is 0 Å². The van der Waals surface area contributed by atoms with Crippen molar-refractivity contribution in [1.29, 1.82) is 0 Å². The van der Waals surface area contributed by atoms with Crippen LogP contribution in [0.2, 0.25) is 0 Å². The second kappa shape index (κ2) is 8.78. The highest BCUT2D eigenvalue weighted by atomic mass is 16.2. The summed E-state index contributed by atoms with van der Waals surface area (Å²) in [6.07, 6.45) is 8.61. The average molecular weight is 416 g/mol. The first-order valence-electron chi connectivity index (χ1n) is 11.3. The molecule has 0 radical (unpaired) electrons. The number of carbonyl (C=O) groups excluding carboxylic acids is 3. The maximum atomic E-state index is 13.1. The van der Waals surface area contributed by atoms with Crippen molar-refractivity contribution in [3.8, 4) is 0 Å². The maximum absolute atomic E-state index is 13.1. The number of aryl methyl sites for hydroxylation is 2. The molecular formula is C22H33N5O3. The van der Waals surface area contributed by atoms with Crippen molar-refractivity contribution in [3.63, 3.8) is 0 Å². The van der Waals surface area contributed by atoms with Gasteiger partial charge in [0.25, 0.3) is 5.91 Å². The molecule has 1 aromatic heterocycles. The zero-order chi connectivity index (χ0) is 21.3. The topological polar surface area (TPSA) is 96.3 Å². The van der Waals surface area contributed by atoms with Crippen molar-refractivity contribution in [2.45, 2.75) is 76.8 Å². The summed E-state index contributed by atoms with van der Waals surface area (Å²) < 4.78 is 1.69. The molecule has 8 nitrogen and oxygen atoms in total. The number of nitrogens with one attached hydrogen (secondary N) is 2. The Labute approximate surface area is 177 Å². The first kappa shape index (κ1) is 20.9. The summed E-state index contributed by atoms with van der Waals surface area (Å²) in [4.78, 5) is 39.7. The molecule has 1 aromatic rings. The van der Waals surface area contributed by atoms with Crippen molar-refractivity contribution < 1.29 is 14.4 Å². The van der Waals surface area contributed by atoms with Crippen LogP contribution in [0.25, 0.3) is 0 Å². The lowest BCUT2D eigenvalue weighted by Crippen LogP contribution is -2.47. The van der Waals surface area contributed by atoms with Gasteiger partial charge in [0.1, 0.15) is 5.69 Å². The fourth-order valence-corrected chi connectivity index (χ4v) is 4.87. The monoisotopic (exact) mass is 415 g/mol. The Morgan fingerprint density at radius 2 is 1.70 bits per heavy atom. The van der Waals surface area contributed by atoms with Gasteiger partial charge in [0.15, 0.2) is 0 Å². The number of amides is 3. The smallest absolute Gasteiger partial charge is 0.270 e. The highest BCUT2D eigenvalue weighted by Gasteiger charge is 2.33. The second-order valence-corrected chi connectivity index (χ2v) is 9.11. The Kier molecular flexibility index (Phi) is 6.11. The van der Waals surface area contributed by atoms with E-state index in [1.165, 1.54) is 13.3 Å². The van der Waals surface area contributed by atoms with E-state index in [-0.39, 0.29) is 35.7 Å². The first-order valence-corrected chi connectivity index (χ1v) is 11.3. The van der Waals surface area contributed by atoms with E-state index in [4.69, 9.17) is 0 Å². The van der Waals surface area contributed by atoms with Gasteiger partial charge >= 0.3 is 0 Å².